The average molecular weight is 237 g/mol. The number of fused-ring (bicyclic) bond motifs is 3. The van der Waals surface area contributed by atoms with Crippen molar-refractivity contribution in [2.24, 2.45) is 0 Å². The smallest absolute Gasteiger partial charge is 0.273 e. The number of carbonyl (C=O) groups excluding carboxylic acids is 1. The van der Waals surface area contributed by atoms with Crippen molar-refractivity contribution in [3.8, 4) is 5.75 Å². The summed E-state index contributed by atoms with van der Waals surface area (Å²) in [4.78, 5) is 12.3. The SMILES string of the molecule is O=C1Nc2ccccc2C12Cc1ccccc1O2. The summed E-state index contributed by atoms with van der Waals surface area (Å²) < 4.78 is 5.98. The molecule has 3 heteroatoms. The maximum Gasteiger partial charge on any atom is 0.273 e. The standard InChI is InChI=1S/C15H11NO2/c17-14-15(11-6-2-3-7-12(11)16-14)9-10-5-1-4-8-13(10)18-15/h1-8H,9H2,(H,16,17). The van der Waals surface area contributed by atoms with Crippen LogP contribution in [0, 0.1) is 0 Å². The first-order chi connectivity index (χ1) is 8.79. The first-order valence-corrected chi connectivity index (χ1v) is 5.97. The average Bonchev–Trinajstić information content (AvgIpc) is 2.90. The van der Waals surface area contributed by atoms with E-state index in [1.54, 1.807) is 0 Å². The molecular formula is C15H11NO2. The zero-order chi connectivity index (χ0) is 12.2. The highest BCUT2D eigenvalue weighted by atomic mass is 16.5. The minimum atomic E-state index is -0.861. The number of ether oxygens (including phenoxy) is 1. The monoisotopic (exact) mass is 237 g/mol. The second-order valence-corrected chi connectivity index (χ2v) is 4.71. The summed E-state index contributed by atoms with van der Waals surface area (Å²) in [6.07, 6.45) is 0.603. The van der Waals surface area contributed by atoms with E-state index in [0.717, 1.165) is 22.6 Å². The van der Waals surface area contributed by atoms with Crippen LogP contribution in [0.4, 0.5) is 5.69 Å². The Morgan fingerprint density at radius 3 is 2.72 bits per heavy atom. The van der Waals surface area contributed by atoms with E-state index in [1.807, 2.05) is 48.5 Å². The normalized spacial score (nSPS) is 23.4. The minimum Gasteiger partial charge on any atom is -0.472 e. The topological polar surface area (TPSA) is 38.3 Å². The second-order valence-electron chi connectivity index (χ2n) is 4.71. The first kappa shape index (κ1) is 9.71. The van der Waals surface area contributed by atoms with Crippen molar-refractivity contribution in [2.75, 3.05) is 5.32 Å². The van der Waals surface area contributed by atoms with E-state index in [2.05, 4.69) is 5.32 Å². The zero-order valence-electron chi connectivity index (χ0n) is 9.64. The van der Waals surface area contributed by atoms with Gasteiger partial charge in [0.25, 0.3) is 5.91 Å². The van der Waals surface area contributed by atoms with Crippen LogP contribution in [0.3, 0.4) is 0 Å². The molecule has 0 radical (unpaired) electrons. The van der Waals surface area contributed by atoms with E-state index < -0.39 is 5.60 Å². The number of nitrogens with one attached hydrogen (secondary N) is 1. The minimum absolute atomic E-state index is 0.0695. The number of para-hydroxylation sites is 2. The first-order valence-electron chi connectivity index (χ1n) is 5.97. The molecule has 1 atom stereocenters. The Morgan fingerprint density at radius 1 is 1.06 bits per heavy atom. The second kappa shape index (κ2) is 3.13. The van der Waals surface area contributed by atoms with Gasteiger partial charge in [0.2, 0.25) is 5.60 Å². The Bertz CT molecular complexity index is 638. The van der Waals surface area contributed by atoms with Gasteiger partial charge in [-0.2, -0.15) is 0 Å². The maximum atomic E-state index is 12.3. The molecule has 0 fully saturated rings. The van der Waals surface area contributed by atoms with Gasteiger partial charge in [-0.05, 0) is 17.7 Å². The van der Waals surface area contributed by atoms with Crippen molar-refractivity contribution in [3.63, 3.8) is 0 Å². The number of amides is 1. The third-order valence-electron chi connectivity index (χ3n) is 3.67. The van der Waals surface area contributed by atoms with Gasteiger partial charge in [0.05, 0.1) is 0 Å². The molecule has 2 aromatic rings. The van der Waals surface area contributed by atoms with E-state index in [4.69, 9.17) is 4.74 Å². The highest BCUT2D eigenvalue weighted by molar-refractivity contribution is 6.06. The van der Waals surface area contributed by atoms with Crippen molar-refractivity contribution in [1.82, 2.24) is 0 Å². The van der Waals surface area contributed by atoms with Gasteiger partial charge in [-0.15, -0.1) is 0 Å². The molecule has 0 aromatic heterocycles. The van der Waals surface area contributed by atoms with Crippen LogP contribution in [0.5, 0.6) is 5.75 Å². The molecule has 18 heavy (non-hydrogen) atoms. The molecule has 0 saturated heterocycles. The molecule has 2 aromatic carbocycles. The van der Waals surface area contributed by atoms with Crippen molar-refractivity contribution >= 4 is 11.6 Å². The lowest BCUT2D eigenvalue weighted by molar-refractivity contribution is -0.129. The van der Waals surface area contributed by atoms with Gasteiger partial charge in [0, 0.05) is 17.7 Å². The van der Waals surface area contributed by atoms with Crippen molar-refractivity contribution in [3.05, 3.63) is 59.7 Å². The predicted molar refractivity (Wildman–Crippen MR) is 67.5 cm³/mol. The molecule has 0 aliphatic carbocycles. The summed E-state index contributed by atoms with van der Waals surface area (Å²) in [5, 5.41) is 2.90. The van der Waals surface area contributed by atoms with E-state index in [-0.39, 0.29) is 5.91 Å². The van der Waals surface area contributed by atoms with Crippen molar-refractivity contribution < 1.29 is 9.53 Å². The molecule has 1 N–H and O–H groups in total. The van der Waals surface area contributed by atoms with Crippen LogP contribution in [0.1, 0.15) is 11.1 Å². The Labute approximate surface area is 104 Å². The van der Waals surface area contributed by atoms with Gasteiger partial charge >= 0.3 is 0 Å². The highest BCUT2D eigenvalue weighted by Gasteiger charge is 2.52. The fraction of sp³-hybridized carbons (Fsp3) is 0.133. The molecule has 2 aliphatic heterocycles. The number of rotatable bonds is 0. The summed E-state index contributed by atoms with van der Waals surface area (Å²) >= 11 is 0. The van der Waals surface area contributed by atoms with Crippen LogP contribution in [-0.4, -0.2) is 5.91 Å². The lowest BCUT2D eigenvalue weighted by Gasteiger charge is -2.21. The van der Waals surface area contributed by atoms with Crippen molar-refractivity contribution in [1.29, 1.82) is 0 Å². The van der Waals surface area contributed by atoms with Crippen LogP contribution in [0.15, 0.2) is 48.5 Å². The van der Waals surface area contributed by atoms with E-state index in [1.165, 1.54) is 0 Å². The Morgan fingerprint density at radius 2 is 1.83 bits per heavy atom. The Hall–Kier alpha value is -2.29. The number of hydrogen-bond acceptors (Lipinski definition) is 2. The van der Waals surface area contributed by atoms with Crippen molar-refractivity contribution in [2.45, 2.75) is 12.0 Å². The lowest BCUT2D eigenvalue weighted by Crippen LogP contribution is -2.38. The van der Waals surface area contributed by atoms with Crippen LogP contribution < -0.4 is 10.1 Å². The summed E-state index contributed by atoms with van der Waals surface area (Å²) in [7, 11) is 0. The number of carbonyl (C=O) groups is 1. The third kappa shape index (κ3) is 1.06. The van der Waals surface area contributed by atoms with Crippen LogP contribution >= 0.6 is 0 Å². The molecule has 0 bridgehead atoms. The van der Waals surface area contributed by atoms with Crippen LogP contribution in [0.2, 0.25) is 0 Å². The molecule has 88 valence electrons. The highest BCUT2D eigenvalue weighted by Crippen LogP contribution is 2.47. The molecular weight excluding hydrogens is 226 g/mol. The summed E-state index contributed by atoms with van der Waals surface area (Å²) in [6, 6.07) is 15.5. The fourth-order valence-electron chi connectivity index (χ4n) is 2.81. The molecule has 2 heterocycles. The number of anilines is 1. The summed E-state index contributed by atoms with van der Waals surface area (Å²) in [5.74, 6) is 0.740. The van der Waals surface area contributed by atoms with Gasteiger partial charge in [0.15, 0.2) is 0 Å². The van der Waals surface area contributed by atoms with Gasteiger partial charge in [-0.25, -0.2) is 0 Å². The molecule has 4 rings (SSSR count). The maximum absolute atomic E-state index is 12.3. The van der Waals surface area contributed by atoms with Crippen LogP contribution in [-0.2, 0) is 16.8 Å². The van der Waals surface area contributed by atoms with Crippen LogP contribution in [0.25, 0.3) is 0 Å². The van der Waals surface area contributed by atoms with Gasteiger partial charge in [0.1, 0.15) is 5.75 Å². The fourth-order valence-corrected chi connectivity index (χ4v) is 2.81. The number of hydrogen-bond donors (Lipinski definition) is 1. The third-order valence-corrected chi connectivity index (χ3v) is 3.67. The molecule has 2 aliphatic rings. The summed E-state index contributed by atoms with van der Waals surface area (Å²) in [5.41, 5.74) is 2.02. The molecule has 1 spiro atoms. The van der Waals surface area contributed by atoms with Gasteiger partial charge in [-0.3, -0.25) is 4.79 Å². The quantitative estimate of drug-likeness (QED) is 0.764. The number of benzene rings is 2. The van der Waals surface area contributed by atoms with E-state index >= 15 is 0 Å². The zero-order valence-corrected chi connectivity index (χ0v) is 9.64. The predicted octanol–water partition coefficient (Wildman–Crippen LogP) is 2.47. The van der Waals surface area contributed by atoms with Gasteiger partial charge in [-0.1, -0.05) is 36.4 Å². The molecule has 1 unspecified atom stereocenters. The van der Waals surface area contributed by atoms with E-state index in [0.29, 0.717) is 6.42 Å². The largest absolute Gasteiger partial charge is 0.472 e. The van der Waals surface area contributed by atoms with E-state index in [9.17, 15) is 4.79 Å². The summed E-state index contributed by atoms with van der Waals surface area (Å²) in [6.45, 7) is 0. The molecule has 3 nitrogen and oxygen atoms in total. The Balaban J connectivity index is 1.90. The lowest BCUT2D eigenvalue weighted by atomic mass is 9.90. The van der Waals surface area contributed by atoms with Gasteiger partial charge < -0.3 is 10.1 Å². The molecule has 1 amide bonds. The Kier molecular flexibility index (Phi) is 1.69. The molecule has 0 saturated carbocycles.